The Labute approximate surface area is 197 Å². The largest absolute Gasteiger partial charge is 0.356 e. The average molecular weight is 471 g/mol. The summed E-state index contributed by atoms with van der Waals surface area (Å²) in [6.07, 6.45) is 6.72. The molecule has 2 heterocycles. The van der Waals surface area contributed by atoms with Gasteiger partial charge in [0.25, 0.3) is 0 Å². The van der Waals surface area contributed by atoms with E-state index in [2.05, 4.69) is 15.3 Å². The van der Waals surface area contributed by atoms with Crippen molar-refractivity contribution >= 4 is 16.9 Å². The Hall–Kier alpha value is -3.28. The van der Waals surface area contributed by atoms with Gasteiger partial charge < -0.3 is 10.2 Å². The lowest BCUT2D eigenvalue weighted by atomic mass is 10.0. The van der Waals surface area contributed by atoms with E-state index in [4.69, 9.17) is 10.2 Å². The van der Waals surface area contributed by atoms with Crippen LogP contribution in [-0.4, -0.2) is 27.9 Å². The Bertz CT molecular complexity index is 1240. The number of fused-ring (bicyclic) bond motifs is 1. The van der Waals surface area contributed by atoms with E-state index < -0.39 is 17.5 Å². The van der Waals surface area contributed by atoms with Crippen LogP contribution >= 0.6 is 0 Å². The number of rotatable bonds is 8. The topological polar surface area (TPSA) is 69.8 Å². The molecule has 1 aliphatic carbocycles. The molecule has 6 nitrogen and oxygen atoms in total. The summed E-state index contributed by atoms with van der Waals surface area (Å²) in [5.74, 6) is -2.57. The molecule has 1 N–H and O–H groups in total. The number of pyridine rings is 1. The van der Waals surface area contributed by atoms with E-state index in [9.17, 15) is 13.2 Å². The lowest BCUT2D eigenvalue weighted by molar-refractivity contribution is 0.438. The lowest BCUT2D eigenvalue weighted by Gasteiger charge is -2.29. The van der Waals surface area contributed by atoms with Crippen molar-refractivity contribution in [1.82, 2.24) is 20.1 Å². The normalized spacial score (nSPS) is 14.0. The first-order chi connectivity index (χ1) is 16.3. The highest BCUT2D eigenvalue weighted by Crippen LogP contribution is 2.31. The summed E-state index contributed by atoms with van der Waals surface area (Å²) in [4.78, 5) is 7.03. The van der Waals surface area contributed by atoms with Crippen molar-refractivity contribution in [3.05, 3.63) is 52.0 Å². The number of nitriles is 1. The van der Waals surface area contributed by atoms with E-state index in [1.165, 1.54) is 12.8 Å². The van der Waals surface area contributed by atoms with Gasteiger partial charge in [-0.3, -0.25) is 4.68 Å². The number of nitrogens with one attached hydrogen (secondary N) is 1. The highest BCUT2D eigenvalue weighted by atomic mass is 19.2. The number of anilines is 1. The monoisotopic (exact) mass is 470 g/mol. The third kappa shape index (κ3) is 4.67. The number of nitrogens with zero attached hydrogens (tertiary/aromatic N) is 5. The molecule has 0 radical (unpaired) electrons. The molecule has 9 heteroatoms. The Morgan fingerprint density at radius 1 is 1.18 bits per heavy atom. The van der Waals surface area contributed by atoms with Crippen molar-refractivity contribution in [2.24, 2.45) is 13.0 Å². The molecule has 1 aromatic carbocycles. The minimum atomic E-state index is -1.44. The minimum Gasteiger partial charge on any atom is -0.356 e. The van der Waals surface area contributed by atoms with Crippen molar-refractivity contribution in [2.75, 3.05) is 18.0 Å². The molecule has 0 aliphatic heterocycles. The van der Waals surface area contributed by atoms with E-state index in [1.54, 1.807) is 11.6 Å². The van der Waals surface area contributed by atoms with Crippen molar-refractivity contribution in [1.29, 1.82) is 5.26 Å². The predicted molar refractivity (Wildman–Crippen MR) is 125 cm³/mol. The first-order valence-corrected chi connectivity index (χ1v) is 11.6. The second-order valence-corrected chi connectivity index (χ2v) is 9.14. The van der Waals surface area contributed by atoms with E-state index in [1.807, 2.05) is 26.2 Å². The molecule has 0 amide bonds. The smallest absolute Gasteiger partial charge is 0.194 e. The quantitative estimate of drug-likeness (QED) is 0.291. The molecule has 1 aliphatic rings. The van der Waals surface area contributed by atoms with Crippen LogP contribution in [0.5, 0.6) is 0 Å². The van der Waals surface area contributed by atoms with E-state index in [0.29, 0.717) is 30.4 Å². The van der Waals surface area contributed by atoms with Crippen LogP contribution in [0.25, 0.3) is 11.0 Å². The number of hydrogen-bond donors (Lipinski definition) is 1. The molecule has 4 rings (SSSR count). The number of halogens is 3. The number of benzene rings is 1. The summed E-state index contributed by atoms with van der Waals surface area (Å²) in [6, 6.07) is 3.04. The Morgan fingerprint density at radius 2 is 1.91 bits per heavy atom. The van der Waals surface area contributed by atoms with Crippen LogP contribution in [0.15, 0.2) is 12.1 Å². The molecular weight excluding hydrogens is 441 g/mol. The molecule has 0 unspecified atom stereocenters. The first kappa shape index (κ1) is 23.9. The second-order valence-electron chi connectivity index (χ2n) is 9.14. The van der Waals surface area contributed by atoms with E-state index in [0.717, 1.165) is 47.7 Å². The first-order valence-electron chi connectivity index (χ1n) is 11.6. The Balaban J connectivity index is 1.74. The van der Waals surface area contributed by atoms with Crippen molar-refractivity contribution in [2.45, 2.75) is 52.5 Å². The fourth-order valence-electron chi connectivity index (χ4n) is 5.01. The highest BCUT2D eigenvalue weighted by Gasteiger charge is 2.24. The van der Waals surface area contributed by atoms with Gasteiger partial charge in [0.15, 0.2) is 29.3 Å². The zero-order valence-electron chi connectivity index (χ0n) is 19.8. The second kappa shape index (κ2) is 9.92. The summed E-state index contributed by atoms with van der Waals surface area (Å²) in [7, 11) is 1.83. The van der Waals surface area contributed by atoms with E-state index in [-0.39, 0.29) is 12.0 Å². The summed E-state index contributed by atoms with van der Waals surface area (Å²) < 4.78 is 43.9. The maximum atomic E-state index is 14.6. The van der Waals surface area contributed by atoms with Crippen LogP contribution in [0, 0.1) is 48.7 Å². The molecule has 0 saturated heterocycles. The standard InChI is InChI=1S/C25H29F3N6/c1-15-10-21(26)23(28)22(27)19(15)8-9-34(13-17-6-4-5-7-17)24-18(12-30-14-29)11-20-16(2)32-33(3)25(20)31-24/h10-11,17,30H,4-9,12-13H2,1-3H3. The van der Waals surface area contributed by atoms with Crippen LogP contribution in [-0.2, 0) is 20.0 Å². The average Bonchev–Trinajstić information content (AvgIpc) is 3.42. The van der Waals surface area contributed by atoms with Crippen molar-refractivity contribution in [3.8, 4) is 6.19 Å². The zero-order valence-corrected chi connectivity index (χ0v) is 19.8. The van der Waals surface area contributed by atoms with Gasteiger partial charge in [-0.05, 0) is 62.3 Å². The Kier molecular flexibility index (Phi) is 6.96. The molecular formula is C25H29F3N6. The predicted octanol–water partition coefficient (Wildman–Crippen LogP) is 4.81. The molecule has 3 aromatic rings. The van der Waals surface area contributed by atoms with Gasteiger partial charge in [0, 0.05) is 31.1 Å². The Morgan fingerprint density at radius 3 is 2.62 bits per heavy atom. The zero-order chi connectivity index (χ0) is 24.4. The van der Waals surface area contributed by atoms with Gasteiger partial charge in [-0.1, -0.05) is 12.8 Å². The van der Waals surface area contributed by atoms with Crippen LogP contribution in [0.3, 0.4) is 0 Å². The molecule has 0 spiro atoms. The van der Waals surface area contributed by atoms with Crippen molar-refractivity contribution in [3.63, 3.8) is 0 Å². The van der Waals surface area contributed by atoms with Crippen LogP contribution < -0.4 is 10.2 Å². The van der Waals surface area contributed by atoms with Gasteiger partial charge in [0.2, 0.25) is 0 Å². The van der Waals surface area contributed by atoms with Gasteiger partial charge in [-0.2, -0.15) is 10.4 Å². The van der Waals surface area contributed by atoms with Crippen molar-refractivity contribution < 1.29 is 13.2 Å². The van der Waals surface area contributed by atoms with Gasteiger partial charge in [0.1, 0.15) is 5.82 Å². The summed E-state index contributed by atoms with van der Waals surface area (Å²) >= 11 is 0. The molecule has 180 valence electrons. The van der Waals surface area contributed by atoms with E-state index >= 15 is 0 Å². The summed E-state index contributed by atoms with van der Waals surface area (Å²) in [5, 5.41) is 17.2. The van der Waals surface area contributed by atoms with Gasteiger partial charge in [0.05, 0.1) is 12.2 Å². The molecule has 1 fully saturated rings. The number of aromatic nitrogens is 3. The number of hydrogen-bond acceptors (Lipinski definition) is 5. The molecule has 0 atom stereocenters. The van der Waals surface area contributed by atoms with Gasteiger partial charge in [-0.15, -0.1) is 0 Å². The number of aryl methyl sites for hydroxylation is 3. The molecule has 0 bridgehead atoms. The molecule has 2 aromatic heterocycles. The van der Waals surface area contributed by atoms with Crippen LogP contribution in [0.4, 0.5) is 19.0 Å². The lowest BCUT2D eigenvalue weighted by Crippen LogP contribution is -2.33. The maximum absolute atomic E-state index is 14.6. The third-order valence-corrected chi connectivity index (χ3v) is 6.78. The van der Waals surface area contributed by atoms with Gasteiger partial charge in [-0.25, -0.2) is 18.2 Å². The molecule has 34 heavy (non-hydrogen) atoms. The van der Waals surface area contributed by atoms with Gasteiger partial charge >= 0.3 is 0 Å². The fraction of sp³-hybridized carbons (Fsp3) is 0.480. The minimum absolute atomic E-state index is 0.171. The summed E-state index contributed by atoms with van der Waals surface area (Å²) in [5.41, 5.74) is 2.96. The summed E-state index contributed by atoms with van der Waals surface area (Å²) in [6.45, 7) is 4.90. The highest BCUT2D eigenvalue weighted by molar-refractivity contribution is 5.81. The maximum Gasteiger partial charge on any atom is 0.194 e. The van der Waals surface area contributed by atoms with Crippen LogP contribution in [0.2, 0.25) is 0 Å². The van der Waals surface area contributed by atoms with Crippen LogP contribution in [0.1, 0.15) is 48.1 Å². The molecule has 1 saturated carbocycles. The SMILES string of the molecule is Cc1cc(F)c(F)c(F)c1CCN(CC1CCCC1)c1nc2c(cc1CNC#N)c(C)nn2C. The fourth-order valence-corrected chi connectivity index (χ4v) is 5.01. The third-order valence-electron chi connectivity index (χ3n) is 6.78.